The van der Waals surface area contributed by atoms with Gasteiger partial charge in [0.1, 0.15) is 0 Å². The molecular formula is C16H19ClN4O2. The lowest BCUT2D eigenvalue weighted by Crippen LogP contribution is -2.43. The summed E-state index contributed by atoms with van der Waals surface area (Å²) in [6.07, 6.45) is 3.90. The Labute approximate surface area is 139 Å². The zero-order valence-corrected chi connectivity index (χ0v) is 14.0. The number of anilines is 1. The lowest BCUT2D eigenvalue weighted by Gasteiger charge is -2.37. The van der Waals surface area contributed by atoms with Gasteiger partial charge in [-0.1, -0.05) is 16.8 Å². The molecular weight excluding hydrogens is 316 g/mol. The van der Waals surface area contributed by atoms with E-state index in [1.54, 1.807) is 6.20 Å². The number of hydrogen-bond acceptors (Lipinski definition) is 6. The van der Waals surface area contributed by atoms with Gasteiger partial charge in [-0.05, 0) is 32.8 Å². The van der Waals surface area contributed by atoms with E-state index in [4.69, 9.17) is 20.9 Å². The number of rotatable bonds is 3. The number of morpholine rings is 1. The highest BCUT2D eigenvalue weighted by Crippen LogP contribution is 2.39. The van der Waals surface area contributed by atoms with Crippen LogP contribution in [0.4, 0.5) is 5.69 Å². The summed E-state index contributed by atoms with van der Waals surface area (Å²) in [6, 6.07) is 1.94. The Morgan fingerprint density at radius 2 is 2.13 bits per heavy atom. The van der Waals surface area contributed by atoms with Crippen LogP contribution in [0.2, 0.25) is 5.02 Å². The third kappa shape index (κ3) is 2.93. The molecule has 6 nitrogen and oxygen atoms in total. The van der Waals surface area contributed by atoms with Crippen molar-refractivity contribution in [1.29, 1.82) is 0 Å². The molecule has 1 saturated carbocycles. The van der Waals surface area contributed by atoms with E-state index >= 15 is 0 Å². The van der Waals surface area contributed by atoms with Crippen molar-refractivity contribution in [2.45, 2.75) is 44.8 Å². The highest BCUT2D eigenvalue weighted by Gasteiger charge is 2.34. The minimum atomic E-state index is -0.233. The van der Waals surface area contributed by atoms with Crippen LogP contribution in [-0.2, 0) is 4.74 Å². The second-order valence-electron chi connectivity index (χ2n) is 6.33. The summed E-state index contributed by atoms with van der Waals surface area (Å²) in [7, 11) is 0. The summed E-state index contributed by atoms with van der Waals surface area (Å²) in [5, 5.41) is 4.77. The largest absolute Gasteiger partial charge is 0.364 e. The first-order chi connectivity index (χ1) is 11.1. The molecule has 0 aromatic carbocycles. The van der Waals surface area contributed by atoms with Crippen LogP contribution in [0, 0.1) is 6.92 Å². The van der Waals surface area contributed by atoms with Gasteiger partial charge in [0.2, 0.25) is 0 Å². The molecule has 0 N–H and O–H groups in total. The quantitative estimate of drug-likeness (QED) is 0.858. The van der Waals surface area contributed by atoms with Crippen molar-refractivity contribution in [3.8, 4) is 0 Å². The zero-order chi connectivity index (χ0) is 16.0. The SMILES string of the molecule is Cc1nccc(N2C[C@@H](C)O[C@@H](c3nc(C4CC4)no3)C2)c1Cl. The van der Waals surface area contributed by atoms with Gasteiger partial charge in [-0.15, -0.1) is 0 Å². The fourth-order valence-corrected chi connectivity index (χ4v) is 3.18. The average Bonchev–Trinajstić information content (AvgIpc) is 3.26. The van der Waals surface area contributed by atoms with Crippen LogP contribution in [0.3, 0.4) is 0 Å². The minimum Gasteiger partial charge on any atom is -0.364 e. The molecule has 0 bridgehead atoms. The summed E-state index contributed by atoms with van der Waals surface area (Å²) in [5.41, 5.74) is 1.80. The minimum absolute atomic E-state index is 0.0505. The summed E-state index contributed by atoms with van der Waals surface area (Å²) < 4.78 is 11.4. The van der Waals surface area contributed by atoms with Gasteiger partial charge in [0, 0.05) is 18.7 Å². The van der Waals surface area contributed by atoms with Crippen molar-refractivity contribution in [2.75, 3.05) is 18.0 Å². The van der Waals surface area contributed by atoms with Crippen molar-refractivity contribution in [3.05, 3.63) is 34.7 Å². The van der Waals surface area contributed by atoms with Gasteiger partial charge in [0.25, 0.3) is 5.89 Å². The van der Waals surface area contributed by atoms with Gasteiger partial charge in [0.15, 0.2) is 11.9 Å². The van der Waals surface area contributed by atoms with Gasteiger partial charge in [-0.2, -0.15) is 4.98 Å². The Morgan fingerprint density at radius 3 is 2.91 bits per heavy atom. The molecule has 7 heteroatoms. The summed E-state index contributed by atoms with van der Waals surface area (Å²) in [6.45, 7) is 5.36. The van der Waals surface area contributed by atoms with Gasteiger partial charge >= 0.3 is 0 Å². The van der Waals surface area contributed by atoms with Crippen molar-refractivity contribution < 1.29 is 9.26 Å². The smallest absolute Gasteiger partial charge is 0.257 e. The van der Waals surface area contributed by atoms with E-state index in [0.29, 0.717) is 23.4 Å². The molecule has 1 saturated heterocycles. The molecule has 0 spiro atoms. The van der Waals surface area contributed by atoms with Crippen LogP contribution in [0.15, 0.2) is 16.8 Å². The monoisotopic (exact) mass is 334 g/mol. The maximum absolute atomic E-state index is 6.43. The van der Waals surface area contributed by atoms with Crippen molar-refractivity contribution >= 4 is 17.3 Å². The predicted octanol–water partition coefficient (Wildman–Crippen LogP) is 3.27. The molecule has 2 aromatic heterocycles. The molecule has 1 aliphatic heterocycles. The van der Waals surface area contributed by atoms with E-state index in [1.807, 2.05) is 19.9 Å². The summed E-state index contributed by atoms with van der Waals surface area (Å²) >= 11 is 6.43. The Balaban J connectivity index is 1.58. The van der Waals surface area contributed by atoms with E-state index in [2.05, 4.69) is 20.0 Å². The molecule has 2 atom stereocenters. The van der Waals surface area contributed by atoms with Gasteiger partial charge < -0.3 is 14.2 Å². The lowest BCUT2D eigenvalue weighted by atomic mass is 10.2. The van der Waals surface area contributed by atoms with Crippen molar-refractivity contribution in [1.82, 2.24) is 15.1 Å². The van der Waals surface area contributed by atoms with Crippen LogP contribution in [0.1, 0.15) is 49.2 Å². The molecule has 0 amide bonds. The zero-order valence-electron chi connectivity index (χ0n) is 13.2. The van der Waals surface area contributed by atoms with Crippen molar-refractivity contribution in [3.63, 3.8) is 0 Å². The molecule has 1 aliphatic carbocycles. The highest BCUT2D eigenvalue weighted by molar-refractivity contribution is 6.33. The van der Waals surface area contributed by atoms with Crippen LogP contribution >= 0.6 is 11.6 Å². The fourth-order valence-electron chi connectivity index (χ4n) is 2.95. The molecule has 0 unspecified atom stereocenters. The topological polar surface area (TPSA) is 64.3 Å². The second kappa shape index (κ2) is 5.76. The van der Waals surface area contributed by atoms with E-state index in [0.717, 1.165) is 36.6 Å². The number of aryl methyl sites for hydroxylation is 1. The Bertz CT molecular complexity index is 716. The standard InChI is InChI=1S/C16H19ClN4O2/c1-9-7-21(12-5-6-18-10(2)14(12)17)8-13(22-9)16-19-15(20-23-16)11-3-4-11/h5-6,9,11,13H,3-4,7-8H2,1-2H3/t9-,13-/m1/s1. The van der Waals surface area contributed by atoms with Gasteiger partial charge in [-0.25, -0.2) is 0 Å². The van der Waals surface area contributed by atoms with Gasteiger partial charge in [0.05, 0.1) is 29.1 Å². The van der Waals surface area contributed by atoms with E-state index < -0.39 is 0 Å². The van der Waals surface area contributed by atoms with Crippen LogP contribution in [0.25, 0.3) is 0 Å². The highest BCUT2D eigenvalue weighted by atomic mass is 35.5. The fraction of sp³-hybridized carbons (Fsp3) is 0.562. The number of aromatic nitrogens is 3. The van der Waals surface area contributed by atoms with E-state index in [-0.39, 0.29) is 12.2 Å². The maximum atomic E-state index is 6.43. The van der Waals surface area contributed by atoms with Crippen molar-refractivity contribution in [2.24, 2.45) is 0 Å². The van der Waals surface area contributed by atoms with Crippen LogP contribution in [-0.4, -0.2) is 34.3 Å². The third-order valence-corrected chi connectivity index (χ3v) is 4.79. The summed E-state index contributed by atoms with van der Waals surface area (Å²) in [4.78, 5) is 11.0. The first kappa shape index (κ1) is 14.9. The third-order valence-electron chi connectivity index (χ3n) is 4.32. The van der Waals surface area contributed by atoms with Crippen LogP contribution in [0.5, 0.6) is 0 Å². The summed E-state index contributed by atoms with van der Waals surface area (Å²) in [5.74, 6) is 1.85. The molecule has 4 rings (SSSR count). The maximum Gasteiger partial charge on any atom is 0.257 e. The molecule has 23 heavy (non-hydrogen) atoms. The Morgan fingerprint density at radius 1 is 1.30 bits per heavy atom. The first-order valence-electron chi connectivity index (χ1n) is 7.97. The average molecular weight is 335 g/mol. The van der Waals surface area contributed by atoms with Crippen LogP contribution < -0.4 is 4.90 Å². The van der Waals surface area contributed by atoms with E-state index in [1.165, 1.54) is 0 Å². The molecule has 3 heterocycles. The number of pyridine rings is 1. The molecule has 2 aliphatic rings. The number of hydrogen-bond donors (Lipinski definition) is 0. The molecule has 2 fully saturated rings. The van der Waals surface area contributed by atoms with E-state index in [9.17, 15) is 0 Å². The second-order valence-corrected chi connectivity index (χ2v) is 6.71. The number of halogens is 1. The number of nitrogens with zero attached hydrogens (tertiary/aromatic N) is 4. The molecule has 2 aromatic rings. The Kier molecular flexibility index (Phi) is 3.73. The lowest BCUT2D eigenvalue weighted by molar-refractivity contribution is -0.0331. The van der Waals surface area contributed by atoms with Gasteiger partial charge in [-0.3, -0.25) is 4.98 Å². The molecule has 0 radical (unpaired) electrons. The Hall–Kier alpha value is -1.66. The number of ether oxygens (including phenoxy) is 1. The molecule has 122 valence electrons. The predicted molar refractivity (Wildman–Crippen MR) is 85.8 cm³/mol. The first-order valence-corrected chi connectivity index (χ1v) is 8.34. The normalized spacial score (nSPS) is 24.9.